The average Bonchev–Trinajstić information content (AvgIpc) is 2.37. The van der Waals surface area contributed by atoms with Crippen molar-refractivity contribution in [1.82, 2.24) is 10.2 Å². The van der Waals surface area contributed by atoms with Gasteiger partial charge in [0.15, 0.2) is 0 Å². The van der Waals surface area contributed by atoms with Gasteiger partial charge in [0.05, 0.1) is 0 Å². The first-order valence-corrected chi connectivity index (χ1v) is 6.24. The molecule has 21 heavy (non-hydrogen) atoms. The maximum absolute atomic E-state index is 12.2. The van der Waals surface area contributed by atoms with Gasteiger partial charge >= 0.3 is 6.36 Å². The Balaban J connectivity index is 0.00000220. The van der Waals surface area contributed by atoms with Crippen molar-refractivity contribution in [1.29, 1.82) is 0 Å². The van der Waals surface area contributed by atoms with Crippen molar-refractivity contribution in [2.75, 3.05) is 19.6 Å². The van der Waals surface area contributed by atoms with Crippen LogP contribution in [0, 0.1) is 0 Å². The van der Waals surface area contributed by atoms with Crippen molar-refractivity contribution < 1.29 is 22.7 Å². The second-order valence-corrected chi connectivity index (χ2v) is 4.62. The summed E-state index contributed by atoms with van der Waals surface area (Å²) in [5.74, 6) is -0.514. The fourth-order valence-corrected chi connectivity index (χ4v) is 2.11. The number of piperazine rings is 1. The summed E-state index contributed by atoms with van der Waals surface area (Å²) in [6.07, 6.45) is -4.72. The summed E-state index contributed by atoms with van der Waals surface area (Å²) in [5.41, 5.74) is 0.355. The Hall–Kier alpha value is -1.47. The van der Waals surface area contributed by atoms with Crippen LogP contribution in [0.2, 0.25) is 0 Å². The van der Waals surface area contributed by atoms with Crippen LogP contribution < -0.4 is 10.1 Å². The van der Waals surface area contributed by atoms with E-state index in [1.807, 2.05) is 6.92 Å². The summed E-state index contributed by atoms with van der Waals surface area (Å²) in [7, 11) is 0. The lowest BCUT2D eigenvalue weighted by molar-refractivity contribution is -0.274. The molecule has 1 atom stereocenters. The first-order valence-electron chi connectivity index (χ1n) is 6.24. The van der Waals surface area contributed by atoms with Gasteiger partial charge < -0.3 is 15.0 Å². The lowest BCUT2D eigenvalue weighted by Crippen LogP contribution is -2.52. The highest BCUT2D eigenvalue weighted by Gasteiger charge is 2.31. The molecule has 1 aromatic carbocycles. The lowest BCUT2D eigenvalue weighted by atomic mass is 10.1. The summed E-state index contributed by atoms with van der Waals surface area (Å²) in [5, 5.41) is 3.17. The number of halogens is 4. The number of carbonyl (C=O) groups is 1. The number of rotatable bonds is 2. The second kappa shape index (κ2) is 7.00. The van der Waals surface area contributed by atoms with Crippen LogP contribution >= 0.6 is 12.4 Å². The van der Waals surface area contributed by atoms with E-state index in [4.69, 9.17) is 0 Å². The van der Waals surface area contributed by atoms with Crippen LogP contribution in [0.15, 0.2) is 24.3 Å². The molecule has 1 amide bonds. The number of hydrogen-bond donors (Lipinski definition) is 1. The molecule has 0 spiro atoms. The van der Waals surface area contributed by atoms with Crippen molar-refractivity contribution in [2.24, 2.45) is 0 Å². The molecule has 1 fully saturated rings. The van der Waals surface area contributed by atoms with E-state index >= 15 is 0 Å². The molecule has 1 aromatic rings. The molecule has 0 radical (unpaired) electrons. The molecule has 1 aliphatic rings. The van der Waals surface area contributed by atoms with Gasteiger partial charge in [-0.1, -0.05) is 0 Å². The second-order valence-electron chi connectivity index (χ2n) is 4.62. The Morgan fingerprint density at radius 1 is 1.33 bits per heavy atom. The summed E-state index contributed by atoms with van der Waals surface area (Å²) in [4.78, 5) is 13.9. The maximum atomic E-state index is 12.2. The quantitative estimate of drug-likeness (QED) is 0.908. The molecule has 0 aliphatic carbocycles. The smallest absolute Gasteiger partial charge is 0.406 e. The number of ether oxygens (including phenoxy) is 1. The molecule has 0 saturated carbocycles. The van der Waals surface area contributed by atoms with Crippen LogP contribution in [0.1, 0.15) is 17.3 Å². The Morgan fingerprint density at radius 3 is 2.48 bits per heavy atom. The SMILES string of the molecule is C[C@H]1CNCCN1C(=O)c1ccc(OC(F)(F)F)cc1.Cl. The monoisotopic (exact) mass is 324 g/mol. The van der Waals surface area contributed by atoms with Crippen LogP contribution in [0.3, 0.4) is 0 Å². The van der Waals surface area contributed by atoms with Gasteiger partial charge in [-0.3, -0.25) is 4.79 Å². The van der Waals surface area contributed by atoms with Crippen molar-refractivity contribution in [2.45, 2.75) is 19.3 Å². The molecule has 0 aromatic heterocycles. The van der Waals surface area contributed by atoms with Crippen molar-refractivity contribution in [3.8, 4) is 5.75 Å². The number of nitrogens with one attached hydrogen (secondary N) is 1. The molecule has 118 valence electrons. The number of hydrogen-bond acceptors (Lipinski definition) is 3. The van der Waals surface area contributed by atoms with Crippen LogP contribution in [0.4, 0.5) is 13.2 Å². The zero-order valence-corrected chi connectivity index (χ0v) is 12.1. The van der Waals surface area contributed by atoms with Gasteiger partial charge in [-0.15, -0.1) is 25.6 Å². The van der Waals surface area contributed by atoms with Gasteiger partial charge in [-0.2, -0.15) is 0 Å². The molecule has 1 aliphatic heterocycles. The van der Waals surface area contributed by atoms with Gasteiger partial charge in [0.1, 0.15) is 5.75 Å². The van der Waals surface area contributed by atoms with Gasteiger partial charge in [-0.25, -0.2) is 0 Å². The lowest BCUT2D eigenvalue weighted by Gasteiger charge is -2.34. The molecule has 0 unspecified atom stereocenters. The Morgan fingerprint density at radius 2 is 1.95 bits per heavy atom. The molecule has 2 rings (SSSR count). The topological polar surface area (TPSA) is 41.6 Å². The standard InChI is InChI=1S/C13H15F3N2O2.ClH/c1-9-8-17-6-7-18(9)12(19)10-2-4-11(5-3-10)20-13(14,15)16;/h2-5,9,17H,6-8H2,1H3;1H/t9-;/m0./s1. The number of alkyl halides is 3. The molecular weight excluding hydrogens is 309 g/mol. The van der Waals surface area contributed by atoms with Crippen LogP contribution in [-0.2, 0) is 0 Å². The summed E-state index contributed by atoms with van der Waals surface area (Å²) >= 11 is 0. The van der Waals surface area contributed by atoms with Crippen molar-refractivity contribution in [3.63, 3.8) is 0 Å². The fourth-order valence-electron chi connectivity index (χ4n) is 2.11. The van der Waals surface area contributed by atoms with E-state index in [9.17, 15) is 18.0 Å². The summed E-state index contributed by atoms with van der Waals surface area (Å²) in [6, 6.07) is 5.04. The largest absolute Gasteiger partial charge is 0.573 e. The van der Waals surface area contributed by atoms with E-state index in [1.165, 1.54) is 12.1 Å². The number of benzene rings is 1. The third kappa shape index (κ3) is 4.78. The Labute approximate surface area is 126 Å². The first-order chi connectivity index (χ1) is 9.37. The minimum Gasteiger partial charge on any atom is -0.406 e. The predicted octanol–water partition coefficient (Wildman–Crippen LogP) is 2.44. The highest BCUT2D eigenvalue weighted by molar-refractivity contribution is 5.94. The molecule has 1 N–H and O–H groups in total. The van der Waals surface area contributed by atoms with E-state index in [1.54, 1.807) is 4.90 Å². The summed E-state index contributed by atoms with van der Waals surface area (Å²) in [6.45, 7) is 3.93. The third-order valence-electron chi connectivity index (χ3n) is 3.10. The van der Waals surface area contributed by atoms with Gasteiger partial charge in [0, 0.05) is 31.2 Å². The first kappa shape index (κ1) is 17.6. The van der Waals surface area contributed by atoms with E-state index in [2.05, 4.69) is 10.1 Å². The van der Waals surface area contributed by atoms with Crippen LogP contribution in [0.5, 0.6) is 5.75 Å². The highest BCUT2D eigenvalue weighted by atomic mass is 35.5. The normalized spacial score (nSPS) is 18.9. The molecule has 4 nitrogen and oxygen atoms in total. The molecule has 0 bridgehead atoms. The molecule has 8 heteroatoms. The number of carbonyl (C=O) groups excluding carboxylic acids is 1. The van der Waals surface area contributed by atoms with E-state index in [0.29, 0.717) is 25.2 Å². The minimum atomic E-state index is -4.72. The van der Waals surface area contributed by atoms with Crippen LogP contribution in [0.25, 0.3) is 0 Å². The number of nitrogens with zero attached hydrogens (tertiary/aromatic N) is 1. The fraction of sp³-hybridized carbons (Fsp3) is 0.462. The zero-order valence-electron chi connectivity index (χ0n) is 11.3. The van der Waals surface area contributed by atoms with E-state index in [0.717, 1.165) is 12.1 Å². The van der Waals surface area contributed by atoms with Gasteiger partial charge in [0.2, 0.25) is 0 Å². The zero-order chi connectivity index (χ0) is 14.8. The van der Waals surface area contributed by atoms with Crippen molar-refractivity contribution in [3.05, 3.63) is 29.8 Å². The van der Waals surface area contributed by atoms with Gasteiger partial charge in [0.25, 0.3) is 5.91 Å². The highest BCUT2D eigenvalue weighted by Crippen LogP contribution is 2.23. The summed E-state index contributed by atoms with van der Waals surface area (Å²) < 4.78 is 39.9. The molecular formula is C13H16ClF3N2O2. The van der Waals surface area contributed by atoms with Crippen molar-refractivity contribution >= 4 is 18.3 Å². The number of amides is 1. The maximum Gasteiger partial charge on any atom is 0.573 e. The van der Waals surface area contributed by atoms with E-state index in [-0.39, 0.29) is 30.1 Å². The van der Waals surface area contributed by atoms with E-state index < -0.39 is 6.36 Å². The third-order valence-corrected chi connectivity index (χ3v) is 3.10. The average molecular weight is 325 g/mol. The predicted molar refractivity (Wildman–Crippen MR) is 73.7 cm³/mol. The molecule has 1 saturated heterocycles. The minimum absolute atomic E-state index is 0. The van der Waals surface area contributed by atoms with Gasteiger partial charge in [-0.05, 0) is 31.2 Å². The molecule has 1 heterocycles. The van der Waals surface area contributed by atoms with Crippen LogP contribution in [-0.4, -0.2) is 42.8 Å². The Kier molecular flexibility index (Phi) is 5.86. The Bertz CT molecular complexity index is 479.